The SMILES string of the molecule is Cc1ccccc1CC(=O)NCc1ccc2c(c1)n(C)c(=O)n2C. The number of fused-ring (bicyclic) bond motifs is 1. The van der Waals surface area contributed by atoms with Crippen LogP contribution < -0.4 is 11.0 Å². The second-order valence-corrected chi connectivity index (χ2v) is 6.10. The van der Waals surface area contributed by atoms with Crippen LogP contribution in [0.3, 0.4) is 0 Å². The number of rotatable bonds is 4. The molecule has 3 rings (SSSR count). The third kappa shape index (κ3) is 2.97. The summed E-state index contributed by atoms with van der Waals surface area (Å²) in [5.41, 5.74) is 4.84. The van der Waals surface area contributed by atoms with E-state index in [2.05, 4.69) is 5.32 Å². The summed E-state index contributed by atoms with van der Waals surface area (Å²) in [6, 6.07) is 13.7. The van der Waals surface area contributed by atoms with E-state index in [1.54, 1.807) is 23.2 Å². The van der Waals surface area contributed by atoms with Crippen LogP contribution >= 0.6 is 0 Å². The predicted molar refractivity (Wildman–Crippen MR) is 94.9 cm³/mol. The van der Waals surface area contributed by atoms with E-state index < -0.39 is 0 Å². The fraction of sp³-hybridized carbons (Fsp3) is 0.263. The molecule has 0 aliphatic heterocycles. The molecule has 1 aromatic heterocycles. The van der Waals surface area contributed by atoms with Crippen molar-refractivity contribution in [3.63, 3.8) is 0 Å². The number of imidazole rings is 1. The van der Waals surface area contributed by atoms with Gasteiger partial charge in [0.25, 0.3) is 0 Å². The molecule has 0 saturated heterocycles. The first-order valence-electron chi connectivity index (χ1n) is 7.93. The first-order chi connectivity index (χ1) is 11.5. The molecule has 5 heteroatoms. The lowest BCUT2D eigenvalue weighted by atomic mass is 10.1. The summed E-state index contributed by atoms with van der Waals surface area (Å²) in [6.07, 6.45) is 0.374. The molecule has 0 aliphatic rings. The Balaban J connectivity index is 1.72. The highest BCUT2D eigenvalue weighted by Crippen LogP contribution is 2.14. The highest BCUT2D eigenvalue weighted by molar-refractivity contribution is 5.79. The number of carbonyl (C=O) groups excluding carboxylic acids is 1. The van der Waals surface area contributed by atoms with Gasteiger partial charge in [-0.3, -0.25) is 13.9 Å². The summed E-state index contributed by atoms with van der Waals surface area (Å²) < 4.78 is 3.24. The molecule has 0 unspecified atom stereocenters. The van der Waals surface area contributed by atoms with Crippen molar-refractivity contribution >= 4 is 16.9 Å². The molecule has 0 aliphatic carbocycles. The average molecular weight is 323 g/mol. The van der Waals surface area contributed by atoms with Crippen LogP contribution in [0, 0.1) is 6.92 Å². The Morgan fingerprint density at radius 1 is 1.04 bits per heavy atom. The standard InChI is InChI=1S/C19H21N3O2/c1-13-6-4-5-7-15(13)11-18(23)20-12-14-8-9-16-17(10-14)22(3)19(24)21(16)2/h4-10H,11-12H2,1-3H3,(H,20,23). The molecule has 0 atom stereocenters. The van der Waals surface area contributed by atoms with Crippen LogP contribution in [0.25, 0.3) is 11.0 Å². The second kappa shape index (κ2) is 6.35. The van der Waals surface area contributed by atoms with Crippen molar-refractivity contribution < 1.29 is 4.79 Å². The zero-order chi connectivity index (χ0) is 17.3. The molecule has 2 aromatic carbocycles. The van der Waals surface area contributed by atoms with Gasteiger partial charge in [-0.1, -0.05) is 30.3 Å². The van der Waals surface area contributed by atoms with Crippen LogP contribution in [0.2, 0.25) is 0 Å². The van der Waals surface area contributed by atoms with Crippen LogP contribution in [-0.4, -0.2) is 15.0 Å². The largest absolute Gasteiger partial charge is 0.352 e. The quantitative estimate of drug-likeness (QED) is 0.799. The monoisotopic (exact) mass is 323 g/mol. The van der Waals surface area contributed by atoms with Crippen molar-refractivity contribution in [1.29, 1.82) is 0 Å². The van der Waals surface area contributed by atoms with E-state index in [9.17, 15) is 9.59 Å². The lowest BCUT2D eigenvalue weighted by molar-refractivity contribution is -0.120. The van der Waals surface area contributed by atoms with Crippen molar-refractivity contribution in [3.8, 4) is 0 Å². The number of nitrogens with one attached hydrogen (secondary N) is 1. The van der Waals surface area contributed by atoms with E-state index in [1.807, 2.05) is 49.4 Å². The summed E-state index contributed by atoms with van der Waals surface area (Å²) in [4.78, 5) is 24.1. The third-order valence-electron chi connectivity index (χ3n) is 4.44. The maximum Gasteiger partial charge on any atom is 0.328 e. The van der Waals surface area contributed by atoms with Crippen molar-refractivity contribution in [3.05, 3.63) is 69.6 Å². The van der Waals surface area contributed by atoms with E-state index in [0.717, 1.165) is 27.7 Å². The van der Waals surface area contributed by atoms with Crippen molar-refractivity contribution in [1.82, 2.24) is 14.5 Å². The van der Waals surface area contributed by atoms with Crippen LogP contribution in [0.4, 0.5) is 0 Å². The number of hydrogen-bond acceptors (Lipinski definition) is 2. The molecule has 3 aromatic rings. The number of aryl methyl sites for hydroxylation is 3. The van der Waals surface area contributed by atoms with Crippen molar-refractivity contribution in [2.45, 2.75) is 19.9 Å². The summed E-state index contributed by atoms with van der Waals surface area (Å²) >= 11 is 0. The molecule has 124 valence electrons. The Kier molecular flexibility index (Phi) is 4.25. The normalized spacial score (nSPS) is 11.0. The molecule has 1 N–H and O–H groups in total. The van der Waals surface area contributed by atoms with Gasteiger partial charge in [0.2, 0.25) is 5.91 Å². The second-order valence-electron chi connectivity index (χ2n) is 6.10. The van der Waals surface area contributed by atoms with E-state index in [0.29, 0.717) is 13.0 Å². The number of amides is 1. The number of benzene rings is 2. The Hall–Kier alpha value is -2.82. The highest BCUT2D eigenvalue weighted by Gasteiger charge is 2.09. The minimum atomic E-state index is -0.0502. The zero-order valence-electron chi connectivity index (χ0n) is 14.2. The van der Waals surface area contributed by atoms with Crippen LogP contribution in [-0.2, 0) is 31.9 Å². The first-order valence-corrected chi connectivity index (χ1v) is 7.93. The fourth-order valence-corrected chi connectivity index (χ4v) is 2.91. The van der Waals surface area contributed by atoms with E-state index in [1.165, 1.54) is 0 Å². The molecule has 24 heavy (non-hydrogen) atoms. The lowest BCUT2D eigenvalue weighted by Gasteiger charge is -2.08. The zero-order valence-corrected chi connectivity index (χ0v) is 14.2. The van der Waals surface area contributed by atoms with Gasteiger partial charge in [-0.15, -0.1) is 0 Å². The minimum absolute atomic E-state index is 0.00801. The highest BCUT2D eigenvalue weighted by atomic mass is 16.2. The molecule has 0 spiro atoms. The van der Waals surface area contributed by atoms with Gasteiger partial charge in [0.1, 0.15) is 0 Å². The van der Waals surface area contributed by atoms with Gasteiger partial charge < -0.3 is 5.32 Å². The van der Waals surface area contributed by atoms with Gasteiger partial charge in [0.15, 0.2) is 0 Å². The maximum atomic E-state index is 12.2. The summed E-state index contributed by atoms with van der Waals surface area (Å²) in [5, 5.41) is 2.95. The molecule has 0 fully saturated rings. The van der Waals surface area contributed by atoms with Gasteiger partial charge in [-0.05, 0) is 35.7 Å². The molecule has 0 bridgehead atoms. The van der Waals surface area contributed by atoms with Gasteiger partial charge in [-0.2, -0.15) is 0 Å². The van der Waals surface area contributed by atoms with E-state index in [4.69, 9.17) is 0 Å². The first kappa shape index (κ1) is 16.1. The Morgan fingerprint density at radius 2 is 1.75 bits per heavy atom. The molecule has 0 saturated carbocycles. The van der Waals surface area contributed by atoms with Crippen LogP contribution in [0.1, 0.15) is 16.7 Å². The van der Waals surface area contributed by atoms with Crippen molar-refractivity contribution in [2.24, 2.45) is 14.1 Å². The molecule has 5 nitrogen and oxygen atoms in total. The third-order valence-corrected chi connectivity index (χ3v) is 4.44. The van der Waals surface area contributed by atoms with Crippen LogP contribution in [0.5, 0.6) is 0 Å². The number of carbonyl (C=O) groups is 1. The number of aromatic nitrogens is 2. The van der Waals surface area contributed by atoms with E-state index in [-0.39, 0.29) is 11.6 Å². The van der Waals surface area contributed by atoms with Gasteiger partial charge in [0.05, 0.1) is 17.5 Å². The molecule has 1 heterocycles. The van der Waals surface area contributed by atoms with Crippen LogP contribution in [0.15, 0.2) is 47.3 Å². The average Bonchev–Trinajstić information content (AvgIpc) is 2.79. The predicted octanol–water partition coefficient (Wildman–Crippen LogP) is 2.04. The van der Waals surface area contributed by atoms with E-state index >= 15 is 0 Å². The number of hydrogen-bond donors (Lipinski definition) is 1. The van der Waals surface area contributed by atoms with Gasteiger partial charge in [-0.25, -0.2) is 4.79 Å². The fourth-order valence-electron chi connectivity index (χ4n) is 2.91. The summed E-state index contributed by atoms with van der Waals surface area (Å²) in [7, 11) is 3.51. The smallest absolute Gasteiger partial charge is 0.328 e. The Bertz CT molecular complexity index is 966. The Labute approximate surface area is 140 Å². The molecule has 0 radical (unpaired) electrons. The minimum Gasteiger partial charge on any atom is -0.352 e. The van der Waals surface area contributed by atoms with Gasteiger partial charge >= 0.3 is 5.69 Å². The van der Waals surface area contributed by atoms with Gasteiger partial charge in [0, 0.05) is 20.6 Å². The molecular formula is C19H21N3O2. The summed E-state index contributed by atoms with van der Waals surface area (Å²) in [5.74, 6) is -0.00801. The number of nitrogens with zero attached hydrogens (tertiary/aromatic N) is 2. The maximum absolute atomic E-state index is 12.2. The van der Waals surface area contributed by atoms with Crippen molar-refractivity contribution in [2.75, 3.05) is 0 Å². The molecular weight excluding hydrogens is 302 g/mol. The lowest BCUT2D eigenvalue weighted by Crippen LogP contribution is -2.24. The topological polar surface area (TPSA) is 56.0 Å². The Morgan fingerprint density at radius 3 is 2.50 bits per heavy atom. The molecule has 1 amide bonds. The summed E-state index contributed by atoms with van der Waals surface area (Å²) in [6.45, 7) is 2.45.